The standard InChI is InChI=1S/C18H13FN2O/c1-21-10-13(11-6-3-5-9-15(11)21)16-17(19)12-7-2-4-8-14(12)20-18(16)22/h2-10H,1H3,(H,20,22). The van der Waals surface area contributed by atoms with Crippen LogP contribution in [-0.4, -0.2) is 9.55 Å². The van der Waals surface area contributed by atoms with Gasteiger partial charge in [-0.15, -0.1) is 0 Å². The minimum absolute atomic E-state index is 0.0931. The predicted octanol–water partition coefficient (Wildman–Crippen LogP) is 3.83. The van der Waals surface area contributed by atoms with E-state index in [2.05, 4.69) is 4.98 Å². The maximum absolute atomic E-state index is 14.9. The number of rotatable bonds is 1. The van der Waals surface area contributed by atoms with Gasteiger partial charge in [0.15, 0.2) is 0 Å². The number of pyridine rings is 1. The summed E-state index contributed by atoms with van der Waals surface area (Å²) in [4.78, 5) is 15.2. The summed E-state index contributed by atoms with van der Waals surface area (Å²) in [7, 11) is 1.89. The number of halogens is 1. The number of hydrogen-bond acceptors (Lipinski definition) is 1. The third kappa shape index (κ3) is 1.70. The van der Waals surface area contributed by atoms with Crippen molar-refractivity contribution in [3.8, 4) is 11.1 Å². The van der Waals surface area contributed by atoms with Crippen LogP contribution in [0.2, 0.25) is 0 Å². The second-order valence-electron chi connectivity index (χ2n) is 5.36. The van der Waals surface area contributed by atoms with E-state index in [0.717, 1.165) is 10.9 Å². The van der Waals surface area contributed by atoms with Gasteiger partial charge in [0.25, 0.3) is 5.56 Å². The van der Waals surface area contributed by atoms with Gasteiger partial charge in [-0.2, -0.15) is 0 Å². The topological polar surface area (TPSA) is 37.8 Å². The summed E-state index contributed by atoms with van der Waals surface area (Å²) in [6.07, 6.45) is 1.80. The second-order valence-corrected chi connectivity index (χ2v) is 5.36. The lowest BCUT2D eigenvalue weighted by Crippen LogP contribution is -2.11. The summed E-state index contributed by atoms with van der Waals surface area (Å²) < 4.78 is 16.8. The lowest BCUT2D eigenvalue weighted by atomic mass is 10.0. The second kappa shape index (κ2) is 4.56. The van der Waals surface area contributed by atoms with Crippen LogP contribution in [0.1, 0.15) is 0 Å². The van der Waals surface area contributed by atoms with Crippen LogP contribution < -0.4 is 5.56 Å². The molecule has 4 rings (SSSR count). The number of benzene rings is 2. The molecular weight excluding hydrogens is 279 g/mol. The van der Waals surface area contributed by atoms with Crippen molar-refractivity contribution < 1.29 is 4.39 Å². The maximum Gasteiger partial charge on any atom is 0.259 e. The van der Waals surface area contributed by atoms with E-state index in [1.165, 1.54) is 0 Å². The summed E-state index contributed by atoms with van der Waals surface area (Å²) in [5, 5.41) is 1.29. The van der Waals surface area contributed by atoms with Gasteiger partial charge in [-0.1, -0.05) is 30.3 Å². The molecule has 2 aromatic heterocycles. The molecule has 0 saturated heterocycles. The molecule has 108 valence electrons. The Morgan fingerprint density at radius 2 is 1.68 bits per heavy atom. The van der Waals surface area contributed by atoms with E-state index in [4.69, 9.17) is 0 Å². The molecule has 0 radical (unpaired) electrons. The van der Waals surface area contributed by atoms with Crippen molar-refractivity contribution in [2.24, 2.45) is 7.05 Å². The van der Waals surface area contributed by atoms with Gasteiger partial charge in [0.2, 0.25) is 0 Å². The fourth-order valence-electron chi connectivity index (χ4n) is 2.98. The Kier molecular flexibility index (Phi) is 2.66. The van der Waals surface area contributed by atoms with Gasteiger partial charge in [0, 0.05) is 35.1 Å². The van der Waals surface area contributed by atoms with Crippen LogP contribution in [0.5, 0.6) is 0 Å². The van der Waals surface area contributed by atoms with E-state index in [0.29, 0.717) is 16.5 Å². The molecule has 0 atom stereocenters. The molecule has 0 unspecified atom stereocenters. The highest BCUT2D eigenvalue weighted by atomic mass is 19.1. The molecule has 3 nitrogen and oxygen atoms in total. The number of para-hydroxylation sites is 2. The summed E-state index contributed by atoms with van der Waals surface area (Å²) in [6, 6.07) is 14.6. The Hall–Kier alpha value is -2.88. The summed E-state index contributed by atoms with van der Waals surface area (Å²) in [5.74, 6) is -0.476. The Bertz CT molecular complexity index is 1080. The van der Waals surface area contributed by atoms with Crippen LogP contribution in [0.25, 0.3) is 32.9 Å². The normalized spacial score (nSPS) is 11.4. The molecule has 0 aliphatic rings. The van der Waals surface area contributed by atoms with Crippen LogP contribution in [-0.2, 0) is 7.05 Å². The van der Waals surface area contributed by atoms with E-state index in [1.54, 1.807) is 30.5 Å². The van der Waals surface area contributed by atoms with E-state index >= 15 is 0 Å². The van der Waals surface area contributed by atoms with E-state index < -0.39 is 11.4 Å². The Balaban J connectivity index is 2.15. The number of nitrogens with one attached hydrogen (secondary N) is 1. The van der Waals surface area contributed by atoms with Gasteiger partial charge in [0.05, 0.1) is 11.1 Å². The molecule has 0 fully saturated rings. The molecule has 0 bridgehead atoms. The zero-order valence-corrected chi connectivity index (χ0v) is 11.9. The van der Waals surface area contributed by atoms with Crippen LogP contribution in [0.15, 0.2) is 59.5 Å². The van der Waals surface area contributed by atoms with Crippen molar-refractivity contribution in [2.45, 2.75) is 0 Å². The van der Waals surface area contributed by atoms with E-state index in [1.807, 2.05) is 35.9 Å². The van der Waals surface area contributed by atoms with Crippen molar-refractivity contribution >= 4 is 21.8 Å². The first-order valence-electron chi connectivity index (χ1n) is 7.02. The van der Waals surface area contributed by atoms with E-state index in [9.17, 15) is 9.18 Å². The van der Waals surface area contributed by atoms with Crippen molar-refractivity contribution in [2.75, 3.05) is 0 Å². The molecule has 2 heterocycles. The summed E-state index contributed by atoms with van der Waals surface area (Å²) in [6.45, 7) is 0. The zero-order chi connectivity index (χ0) is 15.3. The van der Waals surface area contributed by atoms with Crippen molar-refractivity contribution in [1.82, 2.24) is 9.55 Å². The van der Waals surface area contributed by atoms with Gasteiger partial charge >= 0.3 is 0 Å². The SMILES string of the molecule is Cn1cc(-c2c(F)c3ccccc3[nH]c2=O)c2ccccc21. The minimum Gasteiger partial charge on any atom is -0.350 e. The highest BCUT2D eigenvalue weighted by Crippen LogP contribution is 2.31. The molecule has 0 spiro atoms. The van der Waals surface area contributed by atoms with Crippen molar-refractivity contribution in [1.29, 1.82) is 0 Å². The monoisotopic (exact) mass is 292 g/mol. The minimum atomic E-state index is -0.476. The average molecular weight is 292 g/mol. The molecular formula is C18H13FN2O. The third-order valence-electron chi connectivity index (χ3n) is 4.02. The van der Waals surface area contributed by atoms with Gasteiger partial charge in [-0.05, 0) is 18.2 Å². The number of fused-ring (bicyclic) bond motifs is 2. The van der Waals surface area contributed by atoms with Crippen LogP contribution >= 0.6 is 0 Å². The lowest BCUT2D eigenvalue weighted by Gasteiger charge is -2.05. The highest BCUT2D eigenvalue weighted by molar-refractivity contribution is 5.98. The first kappa shape index (κ1) is 12.8. The zero-order valence-electron chi connectivity index (χ0n) is 11.9. The Morgan fingerprint density at radius 3 is 2.50 bits per heavy atom. The average Bonchev–Trinajstić information content (AvgIpc) is 2.85. The number of aromatic amines is 1. The van der Waals surface area contributed by atoms with Gasteiger partial charge in [-0.3, -0.25) is 4.79 Å². The molecule has 2 aromatic carbocycles. The van der Waals surface area contributed by atoms with Crippen molar-refractivity contribution in [3.63, 3.8) is 0 Å². The quantitative estimate of drug-likeness (QED) is 0.569. The highest BCUT2D eigenvalue weighted by Gasteiger charge is 2.18. The van der Waals surface area contributed by atoms with Gasteiger partial charge in [-0.25, -0.2) is 4.39 Å². The number of hydrogen-bond donors (Lipinski definition) is 1. The fraction of sp³-hybridized carbons (Fsp3) is 0.0556. The number of aryl methyl sites for hydroxylation is 1. The predicted molar refractivity (Wildman–Crippen MR) is 86.4 cm³/mol. The molecule has 4 heteroatoms. The smallest absolute Gasteiger partial charge is 0.259 e. The van der Waals surface area contributed by atoms with Gasteiger partial charge in [0.1, 0.15) is 5.82 Å². The molecule has 22 heavy (non-hydrogen) atoms. The lowest BCUT2D eigenvalue weighted by molar-refractivity contribution is 0.640. The molecule has 1 N–H and O–H groups in total. The largest absolute Gasteiger partial charge is 0.350 e. The fourth-order valence-corrected chi connectivity index (χ4v) is 2.98. The summed E-state index contributed by atoms with van der Waals surface area (Å²) >= 11 is 0. The van der Waals surface area contributed by atoms with Gasteiger partial charge < -0.3 is 9.55 Å². The molecule has 0 aliphatic heterocycles. The molecule has 4 aromatic rings. The third-order valence-corrected chi connectivity index (χ3v) is 4.02. The Labute approximate surface area is 125 Å². The number of nitrogens with zero attached hydrogens (tertiary/aromatic N) is 1. The van der Waals surface area contributed by atoms with Crippen LogP contribution in [0.3, 0.4) is 0 Å². The summed E-state index contributed by atoms with van der Waals surface area (Å²) in [5.41, 5.74) is 1.77. The molecule has 0 aliphatic carbocycles. The molecule has 0 amide bonds. The first-order chi connectivity index (χ1) is 10.7. The number of H-pyrrole nitrogens is 1. The Morgan fingerprint density at radius 1 is 1.00 bits per heavy atom. The van der Waals surface area contributed by atoms with Crippen molar-refractivity contribution in [3.05, 3.63) is 70.9 Å². The van der Waals surface area contributed by atoms with E-state index in [-0.39, 0.29) is 5.56 Å². The molecule has 0 saturated carbocycles. The van der Waals surface area contributed by atoms with Crippen LogP contribution in [0, 0.1) is 5.82 Å². The first-order valence-corrected chi connectivity index (χ1v) is 7.02. The maximum atomic E-state index is 14.9. The van der Waals surface area contributed by atoms with Crippen LogP contribution in [0.4, 0.5) is 4.39 Å². The number of aromatic nitrogens is 2.